The van der Waals surface area contributed by atoms with E-state index in [9.17, 15) is 23.1 Å². The lowest BCUT2D eigenvalue weighted by Gasteiger charge is -2.22. The highest BCUT2D eigenvalue weighted by atomic mass is 19.4. The number of aromatic hydroxyl groups is 1. The van der Waals surface area contributed by atoms with Crippen LogP contribution in [0.3, 0.4) is 0 Å². The van der Waals surface area contributed by atoms with Crippen molar-refractivity contribution in [3.8, 4) is 23.1 Å². The minimum atomic E-state index is -4.79. The van der Waals surface area contributed by atoms with Crippen molar-refractivity contribution in [2.24, 2.45) is 0 Å². The molecule has 0 aliphatic carbocycles. The van der Waals surface area contributed by atoms with E-state index in [2.05, 4.69) is 21.6 Å². The van der Waals surface area contributed by atoms with Crippen LogP contribution in [0.2, 0.25) is 0 Å². The highest BCUT2D eigenvalue weighted by molar-refractivity contribution is 6.07. The van der Waals surface area contributed by atoms with Crippen LogP contribution in [0.4, 0.5) is 24.7 Å². The third-order valence-electron chi connectivity index (χ3n) is 5.38. The lowest BCUT2D eigenvalue weighted by Crippen LogP contribution is -2.34. The van der Waals surface area contributed by atoms with Crippen molar-refractivity contribution in [3.05, 3.63) is 72.6 Å². The van der Waals surface area contributed by atoms with Crippen LogP contribution in [0, 0.1) is 11.3 Å². The van der Waals surface area contributed by atoms with Gasteiger partial charge in [-0.3, -0.25) is 4.79 Å². The summed E-state index contributed by atoms with van der Waals surface area (Å²) in [7, 11) is 0. The van der Waals surface area contributed by atoms with Gasteiger partial charge in [0, 0.05) is 17.8 Å². The Morgan fingerprint density at radius 2 is 1.92 bits per heavy atom. The second-order valence-corrected chi connectivity index (χ2v) is 7.64. The zero-order valence-electron chi connectivity index (χ0n) is 18.6. The standard InChI is InChI=1S/C24H18F3N7O2/c1-14(12-28)23(36)33(16-5-3-2-4-6-16)9-10-34-22-19(21(29)30-13-31-22)20(32-34)15-7-8-18(35)17(11-15)24(25,26)27/h2-8,11,13,35H,1,9-10H2,(H2,29,30,31). The first kappa shape index (κ1) is 24.2. The molecule has 0 fully saturated rings. The minimum Gasteiger partial charge on any atom is -0.507 e. The summed E-state index contributed by atoms with van der Waals surface area (Å²) in [5.74, 6) is -1.53. The van der Waals surface area contributed by atoms with Crippen LogP contribution in [0.15, 0.2) is 67.0 Å². The lowest BCUT2D eigenvalue weighted by atomic mass is 10.0. The van der Waals surface area contributed by atoms with Crippen molar-refractivity contribution < 1.29 is 23.1 Å². The van der Waals surface area contributed by atoms with Gasteiger partial charge in [-0.15, -0.1) is 0 Å². The topological polar surface area (TPSA) is 134 Å². The Morgan fingerprint density at radius 1 is 1.19 bits per heavy atom. The van der Waals surface area contributed by atoms with Crippen LogP contribution in [-0.2, 0) is 17.5 Å². The minimum absolute atomic E-state index is 0.00302. The summed E-state index contributed by atoms with van der Waals surface area (Å²) < 4.78 is 41.5. The van der Waals surface area contributed by atoms with E-state index in [1.807, 2.05) is 0 Å². The van der Waals surface area contributed by atoms with Crippen LogP contribution in [0.5, 0.6) is 5.75 Å². The summed E-state index contributed by atoms with van der Waals surface area (Å²) >= 11 is 0. The van der Waals surface area contributed by atoms with E-state index < -0.39 is 23.4 Å². The number of aromatic nitrogens is 4. The van der Waals surface area contributed by atoms with Gasteiger partial charge in [-0.1, -0.05) is 24.8 Å². The lowest BCUT2D eigenvalue weighted by molar-refractivity contribution is -0.138. The molecule has 9 nitrogen and oxygen atoms in total. The normalized spacial score (nSPS) is 11.3. The van der Waals surface area contributed by atoms with Crippen molar-refractivity contribution in [1.82, 2.24) is 19.7 Å². The van der Waals surface area contributed by atoms with Crippen LogP contribution < -0.4 is 10.6 Å². The molecule has 0 bridgehead atoms. The Balaban J connectivity index is 1.77. The van der Waals surface area contributed by atoms with Crippen molar-refractivity contribution in [2.45, 2.75) is 12.7 Å². The molecule has 4 aromatic rings. The second kappa shape index (κ2) is 9.38. The van der Waals surface area contributed by atoms with Crippen LogP contribution >= 0.6 is 0 Å². The maximum Gasteiger partial charge on any atom is 0.419 e. The predicted octanol–water partition coefficient (Wildman–Crippen LogP) is 3.91. The van der Waals surface area contributed by atoms with Gasteiger partial charge in [0.05, 0.1) is 17.5 Å². The number of nitrogens with zero attached hydrogens (tertiary/aromatic N) is 6. The van der Waals surface area contributed by atoms with E-state index in [1.54, 1.807) is 36.4 Å². The number of fused-ring (bicyclic) bond motifs is 1. The van der Waals surface area contributed by atoms with Gasteiger partial charge in [-0.05, 0) is 30.3 Å². The average molecular weight is 493 g/mol. The van der Waals surface area contributed by atoms with Crippen LogP contribution in [0.25, 0.3) is 22.3 Å². The molecule has 4 rings (SSSR count). The number of anilines is 2. The Morgan fingerprint density at radius 3 is 2.58 bits per heavy atom. The maximum atomic E-state index is 13.4. The zero-order valence-corrected chi connectivity index (χ0v) is 18.6. The molecule has 182 valence electrons. The smallest absolute Gasteiger partial charge is 0.419 e. The molecule has 2 heterocycles. The molecule has 0 atom stereocenters. The Hall–Kier alpha value is -4.92. The van der Waals surface area contributed by atoms with Crippen molar-refractivity contribution in [1.29, 1.82) is 5.26 Å². The molecule has 0 saturated heterocycles. The predicted molar refractivity (Wildman–Crippen MR) is 125 cm³/mol. The molecule has 12 heteroatoms. The summed E-state index contributed by atoms with van der Waals surface area (Å²) in [6.45, 7) is 3.58. The molecule has 36 heavy (non-hydrogen) atoms. The molecule has 2 aromatic heterocycles. The summed E-state index contributed by atoms with van der Waals surface area (Å²) in [5.41, 5.74) is 5.40. The number of nitrogens with two attached hydrogens (primary N) is 1. The molecule has 0 saturated carbocycles. The molecule has 0 spiro atoms. The molecule has 0 radical (unpaired) electrons. The number of halogens is 3. The monoisotopic (exact) mass is 493 g/mol. The number of carbonyl (C=O) groups is 1. The van der Waals surface area contributed by atoms with Gasteiger partial charge in [-0.2, -0.15) is 23.5 Å². The number of hydrogen-bond acceptors (Lipinski definition) is 7. The highest BCUT2D eigenvalue weighted by Crippen LogP contribution is 2.39. The first-order valence-electron chi connectivity index (χ1n) is 10.4. The Labute approximate surface area is 202 Å². The summed E-state index contributed by atoms with van der Waals surface area (Å²) in [6.07, 6.45) is -3.60. The molecule has 0 aliphatic rings. The molecule has 2 aromatic carbocycles. The van der Waals surface area contributed by atoms with E-state index in [0.29, 0.717) is 5.69 Å². The van der Waals surface area contributed by atoms with E-state index in [4.69, 9.17) is 11.0 Å². The number of benzene rings is 2. The van der Waals surface area contributed by atoms with Gasteiger partial charge in [0.25, 0.3) is 5.91 Å². The van der Waals surface area contributed by atoms with Gasteiger partial charge < -0.3 is 15.7 Å². The number of alkyl halides is 3. The van der Waals surface area contributed by atoms with Gasteiger partial charge in [0.2, 0.25) is 0 Å². The van der Waals surface area contributed by atoms with Crippen molar-refractivity contribution in [2.75, 3.05) is 17.2 Å². The molecule has 1 amide bonds. The second-order valence-electron chi connectivity index (χ2n) is 7.64. The number of carbonyl (C=O) groups excluding carboxylic acids is 1. The Kier molecular flexibility index (Phi) is 6.31. The third kappa shape index (κ3) is 4.54. The molecule has 0 aliphatic heterocycles. The molecule has 3 N–H and O–H groups in total. The third-order valence-corrected chi connectivity index (χ3v) is 5.38. The van der Waals surface area contributed by atoms with E-state index >= 15 is 0 Å². The van der Waals surface area contributed by atoms with Gasteiger partial charge in [-0.25, -0.2) is 14.6 Å². The fourth-order valence-electron chi connectivity index (χ4n) is 3.66. The number of hydrogen-bond donors (Lipinski definition) is 2. The first-order chi connectivity index (χ1) is 17.1. The van der Waals surface area contributed by atoms with Crippen molar-refractivity contribution >= 4 is 28.4 Å². The molecular formula is C24H18F3N7O2. The van der Waals surface area contributed by atoms with Gasteiger partial charge >= 0.3 is 6.18 Å². The Bertz CT molecular complexity index is 1510. The first-order valence-corrected chi connectivity index (χ1v) is 10.4. The van der Waals surface area contributed by atoms with E-state index in [0.717, 1.165) is 12.1 Å². The molecule has 0 unspecified atom stereocenters. The molecular weight excluding hydrogens is 475 g/mol. The summed E-state index contributed by atoms with van der Waals surface area (Å²) in [5, 5.41) is 23.5. The number of para-hydroxylation sites is 1. The SMILES string of the molecule is C=C(C#N)C(=O)N(CCn1nc(-c2ccc(O)c(C(F)(F)F)c2)c2c(N)ncnc21)c1ccccc1. The summed E-state index contributed by atoms with van der Waals surface area (Å²) in [4.78, 5) is 22.3. The zero-order chi connectivity index (χ0) is 26.0. The quantitative estimate of drug-likeness (QED) is 0.307. The number of nitriles is 1. The fourth-order valence-corrected chi connectivity index (χ4v) is 3.66. The number of phenolic OH excluding ortho intramolecular Hbond substituents is 1. The van der Waals surface area contributed by atoms with Crippen LogP contribution in [0.1, 0.15) is 5.56 Å². The highest BCUT2D eigenvalue weighted by Gasteiger charge is 2.34. The van der Waals surface area contributed by atoms with E-state index in [1.165, 1.54) is 22.0 Å². The number of rotatable bonds is 6. The number of nitrogen functional groups attached to an aromatic ring is 1. The van der Waals surface area contributed by atoms with Gasteiger partial charge in [0.15, 0.2) is 5.65 Å². The van der Waals surface area contributed by atoms with Crippen LogP contribution in [-0.4, -0.2) is 37.3 Å². The number of phenols is 1. The maximum absolute atomic E-state index is 13.4. The summed E-state index contributed by atoms with van der Waals surface area (Å²) in [6, 6.07) is 13.3. The average Bonchev–Trinajstić information content (AvgIpc) is 3.23. The number of amides is 1. The fraction of sp³-hybridized carbons (Fsp3) is 0.125. The van der Waals surface area contributed by atoms with E-state index in [-0.39, 0.29) is 46.8 Å². The largest absolute Gasteiger partial charge is 0.507 e. The van der Waals surface area contributed by atoms with Crippen molar-refractivity contribution in [3.63, 3.8) is 0 Å². The van der Waals surface area contributed by atoms with Gasteiger partial charge in [0.1, 0.15) is 35.2 Å².